The summed E-state index contributed by atoms with van der Waals surface area (Å²) in [4.78, 5) is 10.1. The summed E-state index contributed by atoms with van der Waals surface area (Å²) in [6.07, 6.45) is -1.43. The zero-order valence-electron chi connectivity index (χ0n) is 5.50. The summed E-state index contributed by atoms with van der Waals surface area (Å²) in [7, 11) is 0. The number of carbonyl (C=O) groups is 1. The Morgan fingerprint density at radius 3 is 2.80 bits per heavy atom. The Labute approximate surface area is 58.4 Å². The van der Waals surface area contributed by atoms with Crippen molar-refractivity contribution in [2.45, 2.75) is 13.2 Å². The highest BCUT2D eigenvalue weighted by molar-refractivity contribution is 5.66. The van der Waals surface area contributed by atoms with Gasteiger partial charge >= 0.3 is 5.97 Å². The minimum Gasteiger partial charge on any atom is -0.424 e. The number of hydrogen-bond acceptors (Lipinski definition) is 4. The van der Waals surface area contributed by atoms with Gasteiger partial charge in [-0.1, -0.05) is 5.92 Å². The molecule has 0 rings (SSSR count). The van der Waals surface area contributed by atoms with Crippen molar-refractivity contribution in [3.8, 4) is 11.8 Å². The van der Waals surface area contributed by atoms with Gasteiger partial charge in [0, 0.05) is 6.92 Å². The van der Waals surface area contributed by atoms with Crippen molar-refractivity contribution in [1.82, 2.24) is 0 Å². The number of hydrogen-bond donors (Lipinski definition) is 2. The normalized spacial score (nSPS) is 11.1. The molecule has 0 amide bonds. The number of rotatable bonds is 1. The van der Waals surface area contributed by atoms with Gasteiger partial charge in [0.1, 0.15) is 6.61 Å². The fraction of sp³-hybridized carbons (Fsp3) is 0.500. The third-order valence-electron chi connectivity index (χ3n) is 0.582. The highest BCUT2D eigenvalue weighted by Gasteiger charge is 1.99. The molecule has 0 aromatic heterocycles. The quantitative estimate of drug-likeness (QED) is 0.277. The summed E-state index contributed by atoms with van der Waals surface area (Å²) in [6, 6.07) is 0. The highest BCUT2D eigenvalue weighted by atomic mass is 16.6. The highest BCUT2D eigenvalue weighted by Crippen LogP contribution is 1.83. The van der Waals surface area contributed by atoms with E-state index in [0.29, 0.717) is 0 Å². The number of esters is 1. The SMILES string of the molecule is CC(=O)OC(O)C#CCO. The van der Waals surface area contributed by atoms with Crippen LogP contribution in [-0.4, -0.2) is 29.1 Å². The van der Waals surface area contributed by atoms with E-state index in [1.165, 1.54) is 0 Å². The molecule has 2 N–H and O–H groups in total. The third kappa shape index (κ3) is 5.09. The molecule has 1 unspecified atom stereocenters. The monoisotopic (exact) mass is 144 g/mol. The molecule has 0 aromatic carbocycles. The molecule has 0 aliphatic carbocycles. The van der Waals surface area contributed by atoms with Crippen LogP contribution in [0.3, 0.4) is 0 Å². The molecule has 0 spiro atoms. The van der Waals surface area contributed by atoms with Gasteiger partial charge in [0.2, 0.25) is 0 Å². The molecular formula is C6H8O4. The van der Waals surface area contributed by atoms with Crippen LogP contribution in [0.5, 0.6) is 0 Å². The van der Waals surface area contributed by atoms with E-state index >= 15 is 0 Å². The molecule has 10 heavy (non-hydrogen) atoms. The van der Waals surface area contributed by atoms with Crippen molar-refractivity contribution in [1.29, 1.82) is 0 Å². The molecule has 0 aromatic rings. The molecule has 0 saturated carbocycles. The summed E-state index contributed by atoms with van der Waals surface area (Å²) >= 11 is 0. The topological polar surface area (TPSA) is 66.8 Å². The van der Waals surface area contributed by atoms with E-state index in [1.54, 1.807) is 0 Å². The second-order valence-electron chi connectivity index (χ2n) is 1.44. The van der Waals surface area contributed by atoms with Crippen LogP contribution in [0.15, 0.2) is 0 Å². The van der Waals surface area contributed by atoms with E-state index < -0.39 is 12.3 Å². The van der Waals surface area contributed by atoms with Crippen LogP contribution in [-0.2, 0) is 9.53 Å². The lowest BCUT2D eigenvalue weighted by Crippen LogP contribution is -2.12. The third-order valence-corrected chi connectivity index (χ3v) is 0.582. The Bertz CT molecular complexity index is 164. The average molecular weight is 144 g/mol. The van der Waals surface area contributed by atoms with Crippen molar-refractivity contribution in [2.24, 2.45) is 0 Å². The summed E-state index contributed by atoms with van der Waals surface area (Å²) < 4.78 is 4.18. The summed E-state index contributed by atoms with van der Waals surface area (Å²) in [5.74, 6) is 3.60. The maximum Gasteiger partial charge on any atom is 0.305 e. The van der Waals surface area contributed by atoms with Gasteiger partial charge in [-0.25, -0.2) is 0 Å². The van der Waals surface area contributed by atoms with Crippen LogP contribution in [0.1, 0.15) is 6.92 Å². The molecule has 0 fully saturated rings. The van der Waals surface area contributed by atoms with Gasteiger partial charge in [0.15, 0.2) is 0 Å². The lowest BCUT2D eigenvalue weighted by atomic mass is 10.5. The minimum absolute atomic E-state index is 0.363. The summed E-state index contributed by atoms with van der Waals surface area (Å²) in [5, 5.41) is 16.7. The maximum absolute atomic E-state index is 10.1. The molecule has 0 heterocycles. The van der Waals surface area contributed by atoms with Gasteiger partial charge in [-0.2, -0.15) is 0 Å². The van der Waals surface area contributed by atoms with E-state index in [9.17, 15) is 4.79 Å². The van der Waals surface area contributed by atoms with E-state index in [4.69, 9.17) is 10.2 Å². The number of carbonyl (C=O) groups excluding carboxylic acids is 1. The largest absolute Gasteiger partial charge is 0.424 e. The van der Waals surface area contributed by atoms with Gasteiger partial charge < -0.3 is 14.9 Å². The predicted molar refractivity (Wildman–Crippen MR) is 32.6 cm³/mol. The second-order valence-corrected chi connectivity index (χ2v) is 1.44. The van der Waals surface area contributed by atoms with E-state index in [-0.39, 0.29) is 6.61 Å². The van der Waals surface area contributed by atoms with E-state index in [0.717, 1.165) is 6.92 Å². The first kappa shape index (κ1) is 8.95. The van der Waals surface area contributed by atoms with E-state index in [1.807, 2.05) is 0 Å². The van der Waals surface area contributed by atoms with Crippen LogP contribution >= 0.6 is 0 Å². The predicted octanol–water partition coefficient (Wildman–Crippen LogP) is -1.14. The van der Waals surface area contributed by atoms with Crippen LogP contribution in [0.2, 0.25) is 0 Å². The van der Waals surface area contributed by atoms with Crippen LogP contribution < -0.4 is 0 Å². The fourth-order valence-corrected chi connectivity index (χ4v) is 0.320. The Morgan fingerprint density at radius 1 is 1.80 bits per heavy atom. The first-order chi connectivity index (χ1) is 4.66. The molecule has 0 aliphatic rings. The van der Waals surface area contributed by atoms with Crippen molar-refractivity contribution in [3.05, 3.63) is 0 Å². The lowest BCUT2D eigenvalue weighted by Gasteiger charge is -2.00. The first-order valence-electron chi connectivity index (χ1n) is 2.61. The van der Waals surface area contributed by atoms with Crippen molar-refractivity contribution < 1.29 is 19.7 Å². The van der Waals surface area contributed by atoms with Crippen molar-refractivity contribution >= 4 is 5.97 Å². The summed E-state index contributed by atoms with van der Waals surface area (Å²) in [5.41, 5.74) is 0. The van der Waals surface area contributed by atoms with Crippen molar-refractivity contribution in [3.63, 3.8) is 0 Å². The number of aliphatic hydroxyl groups is 2. The van der Waals surface area contributed by atoms with Crippen LogP contribution in [0.4, 0.5) is 0 Å². The molecule has 4 heteroatoms. The molecular weight excluding hydrogens is 136 g/mol. The number of aliphatic hydroxyl groups excluding tert-OH is 2. The standard InChI is InChI=1S/C6H8O4/c1-5(8)10-6(9)3-2-4-7/h6-7,9H,4H2,1H3. The van der Waals surface area contributed by atoms with E-state index in [2.05, 4.69) is 16.6 Å². The molecule has 0 bridgehead atoms. The summed E-state index contributed by atoms with van der Waals surface area (Å²) in [6.45, 7) is 0.794. The van der Waals surface area contributed by atoms with Gasteiger partial charge in [0.25, 0.3) is 6.29 Å². The zero-order valence-corrected chi connectivity index (χ0v) is 5.50. The first-order valence-corrected chi connectivity index (χ1v) is 2.61. The minimum atomic E-state index is -1.43. The zero-order chi connectivity index (χ0) is 7.98. The fourth-order valence-electron chi connectivity index (χ4n) is 0.320. The Balaban J connectivity index is 3.63. The smallest absolute Gasteiger partial charge is 0.305 e. The van der Waals surface area contributed by atoms with Crippen LogP contribution in [0, 0.1) is 11.8 Å². The molecule has 56 valence electrons. The van der Waals surface area contributed by atoms with Gasteiger partial charge in [-0.15, -0.1) is 0 Å². The van der Waals surface area contributed by atoms with Crippen molar-refractivity contribution in [2.75, 3.05) is 6.61 Å². The molecule has 4 nitrogen and oxygen atoms in total. The molecule has 0 saturated heterocycles. The number of ether oxygens (including phenoxy) is 1. The van der Waals surface area contributed by atoms with Gasteiger partial charge in [-0.05, 0) is 5.92 Å². The average Bonchev–Trinajstić information content (AvgIpc) is 1.82. The maximum atomic E-state index is 10.1. The Kier molecular flexibility index (Phi) is 4.29. The van der Waals surface area contributed by atoms with Gasteiger partial charge in [0.05, 0.1) is 0 Å². The van der Waals surface area contributed by atoms with Crippen LogP contribution in [0.25, 0.3) is 0 Å². The Morgan fingerprint density at radius 2 is 2.40 bits per heavy atom. The Hall–Kier alpha value is -1.05. The molecule has 0 aliphatic heterocycles. The van der Waals surface area contributed by atoms with Gasteiger partial charge in [-0.3, -0.25) is 4.79 Å². The molecule has 1 atom stereocenters. The lowest BCUT2D eigenvalue weighted by molar-refractivity contribution is -0.156. The molecule has 0 radical (unpaired) electrons. The second kappa shape index (κ2) is 4.79.